The third-order valence-electron chi connectivity index (χ3n) is 2.47. The predicted molar refractivity (Wildman–Crippen MR) is 67.6 cm³/mol. The molecule has 1 heterocycles. The molecule has 1 aromatic carbocycles. The highest BCUT2D eigenvalue weighted by molar-refractivity contribution is 7.71. The van der Waals surface area contributed by atoms with E-state index in [0.29, 0.717) is 10.3 Å². The van der Waals surface area contributed by atoms with Crippen LogP contribution in [0.5, 0.6) is 0 Å². The standard InChI is InChI=1S/C12H12N4S/c1-8(2)11-14-15-12(17)16(11)10-5-3-9(7-13)4-6-10/h3-6,8H,1-2H3,(H,15,17). The zero-order chi connectivity index (χ0) is 12.4. The molecule has 17 heavy (non-hydrogen) atoms. The molecular weight excluding hydrogens is 232 g/mol. The minimum absolute atomic E-state index is 0.276. The fourth-order valence-electron chi connectivity index (χ4n) is 1.63. The van der Waals surface area contributed by atoms with Crippen LogP contribution in [0, 0.1) is 16.1 Å². The van der Waals surface area contributed by atoms with E-state index in [4.69, 9.17) is 17.5 Å². The number of rotatable bonds is 2. The highest BCUT2D eigenvalue weighted by atomic mass is 32.1. The molecule has 2 rings (SSSR count). The Balaban J connectivity index is 2.56. The zero-order valence-corrected chi connectivity index (χ0v) is 10.5. The van der Waals surface area contributed by atoms with Crippen LogP contribution in [0.15, 0.2) is 24.3 Å². The van der Waals surface area contributed by atoms with Crippen molar-refractivity contribution in [2.75, 3.05) is 0 Å². The van der Waals surface area contributed by atoms with Crippen molar-refractivity contribution in [3.8, 4) is 11.8 Å². The summed E-state index contributed by atoms with van der Waals surface area (Å²) in [4.78, 5) is 0. The molecule has 0 aliphatic carbocycles. The molecule has 0 saturated carbocycles. The van der Waals surface area contributed by atoms with E-state index < -0.39 is 0 Å². The number of nitriles is 1. The van der Waals surface area contributed by atoms with Gasteiger partial charge in [0.1, 0.15) is 5.82 Å². The molecule has 86 valence electrons. The molecule has 0 atom stereocenters. The molecule has 1 N–H and O–H groups in total. The smallest absolute Gasteiger partial charge is 0.199 e. The second kappa shape index (κ2) is 4.52. The highest BCUT2D eigenvalue weighted by Gasteiger charge is 2.11. The Labute approximate surface area is 105 Å². The SMILES string of the molecule is CC(C)c1n[nH]c(=S)n1-c1ccc(C#N)cc1. The summed E-state index contributed by atoms with van der Waals surface area (Å²) in [6.45, 7) is 4.12. The Morgan fingerprint density at radius 1 is 1.35 bits per heavy atom. The van der Waals surface area contributed by atoms with Gasteiger partial charge in [-0.15, -0.1) is 0 Å². The van der Waals surface area contributed by atoms with E-state index in [0.717, 1.165) is 11.5 Å². The van der Waals surface area contributed by atoms with Gasteiger partial charge in [0.25, 0.3) is 0 Å². The first kappa shape index (κ1) is 11.6. The van der Waals surface area contributed by atoms with E-state index in [1.54, 1.807) is 12.1 Å². The number of hydrogen-bond acceptors (Lipinski definition) is 3. The van der Waals surface area contributed by atoms with Crippen molar-refractivity contribution >= 4 is 12.2 Å². The molecular formula is C12H12N4S. The minimum atomic E-state index is 0.276. The average Bonchev–Trinajstić information content (AvgIpc) is 2.71. The Morgan fingerprint density at radius 2 is 2.00 bits per heavy atom. The molecule has 4 nitrogen and oxygen atoms in total. The van der Waals surface area contributed by atoms with Gasteiger partial charge in [0.2, 0.25) is 0 Å². The van der Waals surface area contributed by atoms with Crippen molar-refractivity contribution in [1.29, 1.82) is 5.26 Å². The lowest BCUT2D eigenvalue weighted by Crippen LogP contribution is -2.03. The van der Waals surface area contributed by atoms with Crippen LogP contribution in [0.4, 0.5) is 0 Å². The zero-order valence-electron chi connectivity index (χ0n) is 9.64. The number of nitrogens with one attached hydrogen (secondary N) is 1. The second-order valence-corrected chi connectivity index (χ2v) is 4.42. The van der Waals surface area contributed by atoms with Crippen molar-refractivity contribution in [2.24, 2.45) is 0 Å². The topological polar surface area (TPSA) is 57.4 Å². The lowest BCUT2D eigenvalue weighted by atomic mass is 10.2. The van der Waals surface area contributed by atoms with Gasteiger partial charge in [-0.3, -0.25) is 9.67 Å². The van der Waals surface area contributed by atoms with Gasteiger partial charge >= 0.3 is 0 Å². The summed E-state index contributed by atoms with van der Waals surface area (Å²) in [6, 6.07) is 9.38. The van der Waals surface area contributed by atoms with Gasteiger partial charge in [0, 0.05) is 11.6 Å². The van der Waals surface area contributed by atoms with Crippen molar-refractivity contribution in [3.05, 3.63) is 40.4 Å². The Hall–Kier alpha value is -1.93. The maximum Gasteiger partial charge on any atom is 0.199 e. The molecule has 0 spiro atoms. The number of benzene rings is 1. The number of hydrogen-bond donors (Lipinski definition) is 1. The van der Waals surface area contributed by atoms with E-state index in [1.807, 2.05) is 16.7 Å². The molecule has 0 aliphatic rings. The first-order valence-electron chi connectivity index (χ1n) is 5.31. The minimum Gasteiger partial charge on any atom is -0.272 e. The lowest BCUT2D eigenvalue weighted by Gasteiger charge is -2.08. The van der Waals surface area contributed by atoms with Crippen molar-refractivity contribution in [1.82, 2.24) is 14.8 Å². The molecule has 5 heteroatoms. The van der Waals surface area contributed by atoms with Crippen LogP contribution in [-0.2, 0) is 0 Å². The van der Waals surface area contributed by atoms with E-state index >= 15 is 0 Å². The lowest BCUT2D eigenvalue weighted by molar-refractivity contribution is 0.744. The van der Waals surface area contributed by atoms with Crippen LogP contribution >= 0.6 is 12.2 Å². The van der Waals surface area contributed by atoms with Gasteiger partial charge in [-0.1, -0.05) is 13.8 Å². The van der Waals surface area contributed by atoms with Crippen LogP contribution in [0.1, 0.15) is 31.2 Å². The van der Waals surface area contributed by atoms with Crippen LogP contribution < -0.4 is 0 Å². The van der Waals surface area contributed by atoms with Crippen LogP contribution in [-0.4, -0.2) is 14.8 Å². The van der Waals surface area contributed by atoms with Crippen LogP contribution in [0.25, 0.3) is 5.69 Å². The van der Waals surface area contributed by atoms with E-state index in [9.17, 15) is 0 Å². The van der Waals surface area contributed by atoms with E-state index in [-0.39, 0.29) is 5.92 Å². The van der Waals surface area contributed by atoms with E-state index in [1.165, 1.54) is 0 Å². The summed E-state index contributed by atoms with van der Waals surface area (Å²) in [5, 5.41) is 15.8. The monoisotopic (exact) mass is 244 g/mol. The van der Waals surface area contributed by atoms with Gasteiger partial charge in [-0.25, -0.2) is 0 Å². The molecule has 0 fully saturated rings. The van der Waals surface area contributed by atoms with Gasteiger partial charge in [-0.2, -0.15) is 10.4 Å². The summed E-state index contributed by atoms with van der Waals surface area (Å²) in [6.07, 6.45) is 0. The largest absolute Gasteiger partial charge is 0.272 e. The molecule has 1 aromatic heterocycles. The summed E-state index contributed by atoms with van der Waals surface area (Å²) in [5.41, 5.74) is 1.56. The first-order chi connectivity index (χ1) is 8.13. The molecule has 0 aliphatic heterocycles. The van der Waals surface area contributed by atoms with E-state index in [2.05, 4.69) is 30.1 Å². The number of nitrogens with zero attached hydrogens (tertiary/aromatic N) is 3. The molecule has 2 aromatic rings. The third-order valence-corrected chi connectivity index (χ3v) is 2.74. The molecule has 0 radical (unpaired) electrons. The normalized spacial score (nSPS) is 10.5. The summed E-state index contributed by atoms with van der Waals surface area (Å²) in [7, 11) is 0. The Kier molecular flexibility index (Phi) is 3.07. The quantitative estimate of drug-likeness (QED) is 0.826. The average molecular weight is 244 g/mol. The Morgan fingerprint density at radius 3 is 2.53 bits per heavy atom. The third kappa shape index (κ3) is 2.12. The van der Waals surface area contributed by atoms with Gasteiger partial charge < -0.3 is 0 Å². The van der Waals surface area contributed by atoms with Crippen molar-refractivity contribution in [3.63, 3.8) is 0 Å². The first-order valence-corrected chi connectivity index (χ1v) is 5.72. The number of aromatic nitrogens is 3. The summed E-state index contributed by atoms with van der Waals surface area (Å²) >= 11 is 5.22. The molecule has 0 saturated heterocycles. The maximum absolute atomic E-state index is 8.76. The fraction of sp³-hybridized carbons (Fsp3) is 0.250. The molecule has 0 amide bonds. The predicted octanol–water partition coefficient (Wildman–Crippen LogP) is 2.92. The second-order valence-electron chi connectivity index (χ2n) is 4.04. The summed E-state index contributed by atoms with van der Waals surface area (Å²) in [5.74, 6) is 1.17. The number of H-pyrrole nitrogens is 1. The molecule has 0 bridgehead atoms. The van der Waals surface area contributed by atoms with Gasteiger partial charge in [-0.05, 0) is 36.5 Å². The number of aromatic amines is 1. The van der Waals surface area contributed by atoms with Gasteiger partial charge in [0.05, 0.1) is 11.6 Å². The van der Waals surface area contributed by atoms with Crippen molar-refractivity contribution in [2.45, 2.75) is 19.8 Å². The maximum atomic E-state index is 8.76. The Bertz CT molecular complexity index is 613. The van der Waals surface area contributed by atoms with Crippen molar-refractivity contribution < 1.29 is 0 Å². The molecule has 0 unspecified atom stereocenters. The fourth-order valence-corrected chi connectivity index (χ4v) is 1.88. The van der Waals surface area contributed by atoms with Crippen LogP contribution in [0.3, 0.4) is 0 Å². The van der Waals surface area contributed by atoms with Gasteiger partial charge in [0.15, 0.2) is 4.77 Å². The highest BCUT2D eigenvalue weighted by Crippen LogP contribution is 2.17. The summed E-state index contributed by atoms with van der Waals surface area (Å²) < 4.78 is 2.46. The van der Waals surface area contributed by atoms with Crippen LogP contribution in [0.2, 0.25) is 0 Å².